The molecule has 9 nitrogen and oxygen atoms in total. The highest BCUT2D eigenvalue weighted by Crippen LogP contribution is 2.47. The van der Waals surface area contributed by atoms with Gasteiger partial charge in [0.25, 0.3) is 0 Å². The quantitative estimate of drug-likeness (QED) is 0.443. The number of ether oxygens (including phenoxy) is 1. The molecule has 1 unspecified atom stereocenters. The summed E-state index contributed by atoms with van der Waals surface area (Å²) in [6.07, 6.45) is 4.42. The Hall–Kier alpha value is -2.95. The van der Waals surface area contributed by atoms with E-state index in [1.807, 2.05) is 66.4 Å². The van der Waals surface area contributed by atoms with E-state index in [0.717, 1.165) is 42.7 Å². The van der Waals surface area contributed by atoms with Crippen LogP contribution in [0.5, 0.6) is 0 Å². The Morgan fingerprint density at radius 3 is 2.33 bits per heavy atom. The predicted molar refractivity (Wildman–Crippen MR) is 168 cm³/mol. The van der Waals surface area contributed by atoms with Crippen molar-refractivity contribution in [1.82, 2.24) is 15.1 Å². The van der Waals surface area contributed by atoms with Crippen molar-refractivity contribution >= 4 is 27.5 Å². The van der Waals surface area contributed by atoms with Crippen LogP contribution in [-0.4, -0.2) is 88.7 Å². The summed E-state index contributed by atoms with van der Waals surface area (Å²) in [4.78, 5) is 30.9. The molecule has 5 rings (SSSR count). The van der Waals surface area contributed by atoms with Crippen molar-refractivity contribution in [1.29, 1.82) is 0 Å². The van der Waals surface area contributed by atoms with Crippen LogP contribution in [0.15, 0.2) is 54.6 Å². The number of para-hydroxylation sites is 1. The Balaban J connectivity index is 1.22. The molecule has 2 atom stereocenters. The van der Waals surface area contributed by atoms with E-state index >= 15 is 0 Å². The minimum atomic E-state index is -3.39. The van der Waals surface area contributed by atoms with E-state index in [-0.39, 0.29) is 41.6 Å². The number of piperidine rings is 2. The minimum absolute atomic E-state index is 0.00664. The van der Waals surface area contributed by atoms with Gasteiger partial charge in [-0.25, -0.2) is 8.42 Å². The Labute approximate surface area is 256 Å². The monoisotopic (exact) mass is 610 g/mol. The molecule has 1 spiro atoms. The Bertz CT molecular complexity index is 1370. The van der Waals surface area contributed by atoms with Crippen LogP contribution in [0, 0.1) is 11.8 Å². The first-order chi connectivity index (χ1) is 20.6. The van der Waals surface area contributed by atoms with Crippen molar-refractivity contribution in [2.75, 3.05) is 56.9 Å². The molecule has 0 aromatic heterocycles. The zero-order valence-corrected chi connectivity index (χ0v) is 26.5. The zero-order valence-electron chi connectivity index (χ0n) is 25.7. The highest BCUT2D eigenvalue weighted by Gasteiger charge is 2.47. The van der Waals surface area contributed by atoms with Gasteiger partial charge in [-0.1, -0.05) is 48.5 Å². The van der Waals surface area contributed by atoms with Gasteiger partial charge in [-0.3, -0.25) is 13.9 Å². The number of amides is 2. The molecule has 234 valence electrons. The van der Waals surface area contributed by atoms with Gasteiger partial charge >= 0.3 is 0 Å². The molecule has 0 aliphatic carbocycles. The third kappa shape index (κ3) is 7.41. The van der Waals surface area contributed by atoms with E-state index in [1.165, 1.54) is 10.6 Å². The number of fused-ring (bicyclic) bond motifs is 2. The van der Waals surface area contributed by atoms with Gasteiger partial charge in [-0.2, -0.15) is 0 Å². The molecule has 43 heavy (non-hydrogen) atoms. The first-order valence-electron chi connectivity index (χ1n) is 15.5. The molecule has 2 amide bonds. The van der Waals surface area contributed by atoms with Crippen LogP contribution >= 0.6 is 0 Å². The lowest BCUT2D eigenvalue weighted by atomic mass is 9.74. The number of anilines is 1. The number of hydrogen-bond donors (Lipinski definition) is 1. The van der Waals surface area contributed by atoms with Crippen LogP contribution in [0.1, 0.15) is 50.2 Å². The van der Waals surface area contributed by atoms with E-state index in [1.54, 1.807) is 0 Å². The fourth-order valence-corrected chi connectivity index (χ4v) is 7.83. The largest absolute Gasteiger partial charge is 0.373 e. The summed E-state index contributed by atoms with van der Waals surface area (Å²) in [5, 5.41) is 3.15. The van der Waals surface area contributed by atoms with Gasteiger partial charge in [-0.15, -0.1) is 0 Å². The number of rotatable bonds is 10. The van der Waals surface area contributed by atoms with Crippen molar-refractivity contribution in [3.05, 3.63) is 65.7 Å². The number of nitrogens with zero attached hydrogens (tertiary/aromatic N) is 3. The first kappa shape index (κ1) is 31.5. The Kier molecular flexibility index (Phi) is 9.78. The normalized spacial score (nSPS) is 20.5. The summed E-state index contributed by atoms with van der Waals surface area (Å²) < 4.78 is 32.9. The maximum atomic E-state index is 13.7. The fourth-order valence-electron chi connectivity index (χ4n) is 6.83. The standard InChI is InChI=1S/C33H46N4O5S/c1-25(42-23-26-9-5-4-6-10-26)28(22-34-32(39)27-13-17-35(2)18-14-27)21-31(38)36-19-15-33(16-20-36)24-37(43(3,40)41)30-12-8-7-11-29(30)33/h4-12,25,27-28H,13-24H2,1-3H3,(H,34,39)/t25?,28-/m0/s1. The summed E-state index contributed by atoms with van der Waals surface area (Å²) in [6.45, 7) is 6.21. The van der Waals surface area contributed by atoms with E-state index in [0.29, 0.717) is 45.6 Å². The van der Waals surface area contributed by atoms with E-state index in [2.05, 4.69) is 17.3 Å². The van der Waals surface area contributed by atoms with Crippen molar-refractivity contribution in [2.24, 2.45) is 11.8 Å². The summed E-state index contributed by atoms with van der Waals surface area (Å²) in [5.74, 6) is -0.0479. The third-order valence-corrected chi connectivity index (χ3v) is 10.9. The van der Waals surface area contributed by atoms with Crippen LogP contribution in [0.4, 0.5) is 5.69 Å². The summed E-state index contributed by atoms with van der Waals surface area (Å²) in [6, 6.07) is 17.7. The molecule has 2 aromatic carbocycles. The van der Waals surface area contributed by atoms with Crippen LogP contribution in [0.3, 0.4) is 0 Å². The fraction of sp³-hybridized carbons (Fsp3) is 0.576. The highest BCUT2D eigenvalue weighted by molar-refractivity contribution is 7.92. The number of hydrogen-bond acceptors (Lipinski definition) is 6. The second-order valence-corrected chi connectivity index (χ2v) is 14.6. The smallest absolute Gasteiger partial charge is 0.232 e. The molecule has 0 saturated carbocycles. The summed E-state index contributed by atoms with van der Waals surface area (Å²) in [5.41, 5.74) is 2.60. The van der Waals surface area contributed by atoms with Crippen LogP contribution < -0.4 is 9.62 Å². The van der Waals surface area contributed by atoms with Crippen LogP contribution in [-0.2, 0) is 36.4 Å². The molecule has 3 aliphatic rings. The SMILES string of the molecule is CC(OCc1ccccc1)[C@H](CNC(=O)C1CCN(C)CC1)CC(=O)N1CCC2(CC1)CN(S(C)(=O)=O)c1ccccc12. The number of likely N-dealkylation sites (tertiary alicyclic amines) is 2. The van der Waals surface area contributed by atoms with Gasteiger partial charge < -0.3 is 19.9 Å². The molecular weight excluding hydrogens is 564 g/mol. The van der Waals surface area contributed by atoms with E-state index in [9.17, 15) is 18.0 Å². The first-order valence-corrected chi connectivity index (χ1v) is 17.4. The molecule has 10 heteroatoms. The molecule has 2 aromatic rings. The van der Waals surface area contributed by atoms with Crippen molar-refractivity contribution in [2.45, 2.75) is 57.2 Å². The third-order valence-electron chi connectivity index (χ3n) is 9.75. The topological polar surface area (TPSA) is 99.3 Å². The highest BCUT2D eigenvalue weighted by atomic mass is 32.2. The molecule has 1 N–H and O–H groups in total. The van der Waals surface area contributed by atoms with Crippen LogP contribution in [0.2, 0.25) is 0 Å². The number of sulfonamides is 1. The second-order valence-electron chi connectivity index (χ2n) is 12.7. The lowest BCUT2D eigenvalue weighted by Crippen LogP contribution is -2.49. The second kappa shape index (κ2) is 13.4. The average Bonchev–Trinajstić information content (AvgIpc) is 3.33. The van der Waals surface area contributed by atoms with Crippen molar-refractivity contribution < 1.29 is 22.7 Å². The average molecular weight is 611 g/mol. The minimum Gasteiger partial charge on any atom is -0.373 e. The van der Waals surface area contributed by atoms with E-state index < -0.39 is 10.0 Å². The molecule has 3 aliphatic heterocycles. The molecule has 0 radical (unpaired) electrons. The van der Waals surface area contributed by atoms with Gasteiger partial charge in [0, 0.05) is 49.9 Å². The molecular formula is C33H46N4O5S. The van der Waals surface area contributed by atoms with Gasteiger partial charge in [-0.05, 0) is 69.9 Å². The van der Waals surface area contributed by atoms with Crippen LogP contribution in [0.25, 0.3) is 0 Å². The predicted octanol–water partition coefficient (Wildman–Crippen LogP) is 3.40. The maximum Gasteiger partial charge on any atom is 0.232 e. The summed E-state index contributed by atoms with van der Waals surface area (Å²) >= 11 is 0. The lowest BCUT2D eigenvalue weighted by molar-refractivity contribution is -0.136. The van der Waals surface area contributed by atoms with Gasteiger partial charge in [0.1, 0.15) is 0 Å². The molecule has 2 fully saturated rings. The van der Waals surface area contributed by atoms with E-state index in [4.69, 9.17) is 4.74 Å². The number of carbonyl (C=O) groups is 2. The number of benzene rings is 2. The zero-order chi connectivity index (χ0) is 30.6. The molecule has 0 bridgehead atoms. The lowest BCUT2D eigenvalue weighted by Gasteiger charge is -2.40. The number of carbonyl (C=O) groups excluding carboxylic acids is 2. The van der Waals surface area contributed by atoms with Gasteiger partial charge in [0.15, 0.2) is 0 Å². The summed E-state index contributed by atoms with van der Waals surface area (Å²) in [7, 11) is -1.31. The molecule has 3 heterocycles. The number of nitrogens with one attached hydrogen (secondary N) is 1. The van der Waals surface area contributed by atoms with Gasteiger partial charge in [0.2, 0.25) is 21.8 Å². The molecule has 2 saturated heterocycles. The van der Waals surface area contributed by atoms with Gasteiger partial charge in [0.05, 0.1) is 24.7 Å². The Morgan fingerprint density at radius 2 is 1.65 bits per heavy atom. The Morgan fingerprint density at radius 1 is 1.00 bits per heavy atom. The van der Waals surface area contributed by atoms with Crippen molar-refractivity contribution in [3.63, 3.8) is 0 Å². The maximum absolute atomic E-state index is 13.7. The van der Waals surface area contributed by atoms with Crippen molar-refractivity contribution in [3.8, 4) is 0 Å².